The normalized spacial score (nSPS) is 8.25. The van der Waals surface area contributed by atoms with E-state index in [9.17, 15) is 0 Å². The molecule has 0 aliphatic carbocycles. The molecule has 0 aliphatic heterocycles. The maximum atomic E-state index is 4.63. The molecule has 0 spiro atoms. The Morgan fingerprint density at radius 3 is 2.12 bits per heavy atom. The molecule has 0 rings (SSSR count). The molecule has 0 aromatic heterocycles. The molecule has 0 aromatic rings. The molecule has 0 heterocycles. The third-order valence-corrected chi connectivity index (χ3v) is 0.489. The summed E-state index contributed by atoms with van der Waals surface area (Å²) in [5.74, 6) is 0. The van der Waals surface area contributed by atoms with Crippen molar-refractivity contribution in [3.8, 4) is 0 Å². The van der Waals surface area contributed by atoms with Crippen LogP contribution in [0.5, 0.6) is 0 Å². The fraction of sp³-hybridized carbons (Fsp3) is 1.00. The largest absolute Gasteiger partial charge is 0.412 e. The second-order valence-electron chi connectivity index (χ2n) is 1.23. The fourth-order valence-corrected chi connectivity index (χ4v) is 0.226. The molecule has 3 nitrogen and oxygen atoms in total. The first kappa shape index (κ1) is 10.8. The third-order valence-electron chi connectivity index (χ3n) is 0.489. The zero-order valence-electron chi connectivity index (χ0n) is 5.44. The van der Waals surface area contributed by atoms with Crippen LogP contribution in [-0.2, 0) is 9.78 Å². The van der Waals surface area contributed by atoms with Crippen LogP contribution in [0.1, 0.15) is 20.3 Å². The third kappa shape index (κ3) is 9.30. The molecule has 0 saturated carbocycles. The average molecular weight is 122 g/mol. The average Bonchev–Trinajstić information content (AvgIpc) is 1.69. The lowest BCUT2D eigenvalue weighted by Gasteiger charge is -1.95. The Bertz CT molecular complexity index is 26.9. The molecule has 0 saturated heterocycles. The van der Waals surface area contributed by atoms with Gasteiger partial charge in [0.1, 0.15) is 0 Å². The van der Waals surface area contributed by atoms with Crippen molar-refractivity contribution < 1.29 is 15.3 Å². The summed E-state index contributed by atoms with van der Waals surface area (Å²) < 4.78 is 0. The molecule has 0 radical (unpaired) electrons. The van der Waals surface area contributed by atoms with E-state index < -0.39 is 0 Å². The zero-order chi connectivity index (χ0) is 5.54. The predicted molar refractivity (Wildman–Crippen MR) is 31.5 cm³/mol. The number of rotatable bonds is 4. The van der Waals surface area contributed by atoms with Crippen LogP contribution in [0.15, 0.2) is 0 Å². The van der Waals surface area contributed by atoms with Crippen LogP contribution in [0, 0.1) is 0 Å². The Kier molecular flexibility index (Phi) is 13.5. The first-order valence-corrected chi connectivity index (χ1v) is 2.66. The molecular weight excluding hydrogens is 108 g/mol. The lowest BCUT2D eigenvalue weighted by atomic mass is 10.5. The minimum absolute atomic E-state index is 0. The summed E-state index contributed by atoms with van der Waals surface area (Å²) in [6, 6.07) is 0. The van der Waals surface area contributed by atoms with Gasteiger partial charge in [0.25, 0.3) is 0 Å². The van der Waals surface area contributed by atoms with Crippen molar-refractivity contribution in [2.75, 3.05) is 13.2 Å². The van der Waals surface area contributed by atoms with Gasteiger partial charge in [0.2, 0.25) is 0 Å². The van der Waals surface area contributed by atoms with Crippen LogP contribution in [-0.4, -0.2) is 18.7 Å². The van der Waals surface area contributed by atoms with Gasteiger partial charge in [0.05, 0.1) is 13.2 Å². The summed E-state index contributed by atoms with van der Waals surface area (Å²) in [5, 5.41) is 0. The molecule has 3 heteroatoms. The zero-order valence-corrected chi connectivity index (χ0v) is 5.44. The van der Waals surface area contributed by atoms with Crippen LogP contribution >= 0.6 is 0 Å². The van der Waals surface area contributed by atoms with Gasteiger partial charge in [-0.2, -0.15) is 0 Å². The quantitative estimate of drug-likeness (QED) is 0.310. The first-order chi connectivity index (χ1) is 3.41. The van der Waals surface area contributed by atoms with E-state index in [1.807, 2.05) is 13.8 Å². The molecule has 0 fully saturated rings. The monoisotopic (exact) mass is 122 g/mol. The van der Waals surface area contributed by atoms with E-state index in [0.29, 0.717) is 13.2 Å². The molecule has 8 heavy (non-hydrogen) atoms. The van der Waals surface area contributed by atoms with Gasteiger partial charge < -0.3 is 5.48 Å². The topological polar surface area (TPSA) is 50.0 Å². The standard InChI is InChI=1S/C5H12O2.H2O/c1-3-5-7-6-4-2;/h3-5H2,1-2H3;1H2. The highest BCUT2D eigenvalue weighted by Crippen LogP contribution is 1.79. The van der Waals surface area contributed by atoms with Crippen molar-refractivity contribution >= 4 is 0 Å². The van der Waals surface area contributed by atoms with E-state index in [2.05, 4.69) is 9.78 Å². The van der Waals surface area contributed by atoms with Crippen LogP contribution in [0.3, 0.4) is 0 Å². The van der Waals surface area contributed by atoms with Crippen molar-refractivity contribution in [3.63, 3.8) is 0 Å². The van der Waals surface area contributed by atoms with Gasteiger partial charge in [-0.1, -0.05) is 6.92 Å². The Morgan fingerprint density at radius 2 is 1.75 bits per heavy atom. The molecule has 0 atom stereocenters. The molecule has 0 aromatic carbocycles. The summed E-state index contributed by atoms with van der Waals surface area (Å²) in [6.07, 6.45) is 1.01. The van der Waals surface area contributed by atoms with Crippen LogP contribution < -0.4 is 0 Å². The highest BCUT2D eigenvalue weighted by Gasteiger charge is 1.77. The fourth-order valence-electron chi connectivity index (χ4n) is 0.226. The second-order valence-corrected chi connectivity index (χ2v) is 1.23. The van der Waals surface area contributed by atoms with Crippen molar-refractivity contribution in [1.29, 1.82) is 0 Å². The lowest BCUT2D eigenvalue weighted by molar-refractivity contribution is -0.290. The summed E-state index contributed by atoms with van der Waals surface area (Å²) in [5.41, 5.74) is 0. The second kappa shape index (κ2) is 9.99. The van der Waals surface area contributed by atoms with Crippen molar-refractivity contribution in [1.82, 2.24) is 0 Å². The first-order valence-electron chi connectivity index (χ1n) is 2.66. The van der Waals surface area contributed by atoms with E-state index in [1.54, 1.807) is 0 Å². The van der Waals surface area contributed by atoms with Crippen molar-refractivity contribution in [3.05, 3.63) is 0 Å². The van der Waals surface area contributed by atoms with Gasteiger partial charge in [-0.15, -0.1) is 0 Å². The maximum absolute atomic E-state index is 4.63. The maximum Gasteiger partial charge on any atom is 0.0819 e. The summed E-state index contributed by atoms with van der Waals surface area (Å²) in [6.45, 7) is 5.28. The van der Waals surface area contributed by atoms with Crippen molar-refractivity contribution in [2.45, 2.75) is 20.3 Å². The van der Waals surface area contributed by atoms with Gasteiger partial charge in [-0.3, -0.25) is 0 Å². The van der Waals surface area contributed by atoms with Gasteiger partial charge >= 0.3 is 0 Å². The molecular formula is C5H14O3. The van der Waals surface area contributed by atoms with E-state index in [-0.39, 0.29) is 5.48 Å². The summed E-state index contributed by atoms with van der Waals surface area (Å²) in [7, 11) is 0. The van der Waals surface area contributed by atoms with E-state index >= 15 is 0 Å². The van der Waals surface area contributed by atoms with Crippen LogP contribution in [0.2, 0.25) is 0 Å². The van der Waals surface area contributed by atoms with Gasteiger partial charge in [-0.25, -0.2) is 9.78 Å². The number of hydrogen-bond donors (Lipinski definition) is 0. The molecule has 0 bridgehead atoms. The predicted octanol–water partition coefficient (Wildman–Crippen LogP) is 0.540. The Balaban J connectivity index is 0. The van der Waals surface area contributed by atoms with E-state index in [4.69, 9.17) is 0 Å². The highest BCUT2D eigenvalue weighted by molar-refractivity contribution is 4.14. The SMILES string of the molecule is CCCOOCC.O. The molecule has 2 N–H and O–H groups in total. The Morgan fingerprint density at radius 1 is 1.12 bits per heavy atom. The lowest BCUT2D eigenvalue weighted by Crippen LogP contribution is -1.93. The Hall–Kier alpha value is -0.120. The molecule has 0 unspecified atom stereocenters. The van der Waals surface area contributed by atoms with E-state index in [1.165, 1.54) is 0 Å². The van der Waals surface area contributed by atoms with Gasteiger partial charge in [0, 0.05) is 0 Å². The van der Waals surface area contributed by atoms with Crippen molar-refractivity contribution in [2.24, 2.45) is 0 Å². The van der Waals surface area contributed by atoms with E-state index in [0.717, 1.165) is 6.42 Å². The van der Waals surface area contributed by atoms with Gasteiger partial charge in [0.15, 0.2) is 0 Å². The molecule has 52 valence electrons. The summed E-state index contributed by atoms with van der Waals surface area (Å²) >= 11 is 0. The summed E-state index contributed by atoms with van der Waals surface area (Å²) in [4.78, 5) is 9.21. The highest BCUT2D eigenvalue weighted by atomic mass is 17.2. The van der Waals surface area contributed by atoms with Crippen LogP contribution in [0.25, 0.3) is 0 Å². The smallest absolute Gasteiger partial charge is 0.0819 e. The minimum Gasteiger partial charge on any atom is -0.412 e. The molecule has 0 aliphatic rings. The minimum atomic E-state index is 0. The molecule has 0 amide bonds. The van der Waals surface area contributed by atoms with Gasteiger partial charge in [-0.05, 0) is 13.3 Å². The Labute approximate surface area is 49.8 Å². The number of hydrogen-bond acceptors (Lipinski definition) is 2. The van der Waals surface area contributed by atoms with Crippen LogP contribution in [0.4, 0.5) is 0 Å².